The summed E-state index contributed by atoms with van der Waals surface area (Å²) in [5, 5.41) is 15.6. The molecule has 0 atom stereocenters. The molecule has 0 amide bonds. The molecule has 0 unspecified atom stereocenters. The molecule has 2 N–H and O–H groups in total. The number of Topliss-reactive ketones (excluding diaryl/α,β-unsaturated/α-hetero) is 1. The van der Waals surface area contributed by atoms with Gasteiger partial charge in [-0.2, -0.15) is 11.8 Å². The van der Waals surface area contributed by atoms with Crippen LogP contribution in [0.15, 0.2) is 23.8 Å². The fourth-order valence-corrected chi connectivity index (χ4v) is 1.98. The van der Waals surface area contributed by atoms with Crippen LogP contribution in [-0.4, -0.2) is 65.0 Å². The number of ketones is 1. The van der Waals surface area contributed by atoms with Gasteiger partial charge < -0.3 is 15.1 Å². The van der Waals surface area contributed by atoms with Gasteiger partial charge in [0.1, 0.15) is 0 Å². The fourth-order valence-electron chi connectivity index (χ4n) is 1.59. The largest absolute Gasteiger partial charge is 0.478 e. The van der Waals surface area contributed by atoms with Gasteiger partial charge in [-0.15, -0.1) is 0 Å². The molecule has 0 saturated heterocycles. The molecule has 0 aromatic carbocycles. The zero-order chi connectivity index (χ0) is 16.3. The van der Waals surface area contributed by atoms with Gasteiger partial charge in [0.2, 0.25) is 0 Å². The van der Waals surface area contributed by atoms with Crippen molar-refractivity contribution in [2.24, 2.45) is 0 Å². The van der Waals surface area contributed by atoms with Gasteiger partial charge in [-0.1, -0.05) is 6.08 Å². The number of likely N-dealkylation sites (N-methyl/N-ethyl adjacent to an activating group) is 1. The fraction of sp³-hybridized carbons (Fsp3) is 0.500. The summed E-state index contributed by atoms with van der Waals surface area (Å²) in [6.07, 6.45) is 6.97. The van der Waals surface area contributed by atoms with Crippen molar-refractivity contribution in [3.63, 3.8) is 0 Å². The van der Waals surface area contributed by atoms with E-state index in [0.29, 0.717) is 24.4 Å². The molecule has 0 radical (unpaired) electrons. The normalized spacial score (nSPS) is 15.0. The number of carboxylic acids is 2. The van der Waals surface area contributed by atoms with Crippen molar-refractivity contribution in [1.82, 2.24) is 4.90 Å². The van der Waals surface area contributed by atoms with E-state index in [2.05, 4.69) is 18.0 Å². The van der Waals surface area contributed by atoms with Gasteiger partial charge in [-0.05, 0) is 19.7 Å². The quantitative estimate of drug-likeness (QED) is 0.713. The van der Waals surface area contributed by atoms with Crippen LogP contribution in [0.3, 0.4) is 0 Å². The van der Waals surface area contributed by atoms with E-state index in [1.54, 1.807) is 11.8 Å². The minimum Gasteiger partial charge on any atom is -0.478 e. The molecule has 0 spiro atoms. The lowest BCUT2D eigenvalue weighted by molar-refractivity contribution is -0.134. The minimum absolute atomic E-state index is 0.334. The van der Waals surface area contributed by atoms with Crippen molar-refractivity contribution in [3.05, 3.63) is 23.8 Å². The van der Waals surface area contributed by atoms with E-state index in [1.165, 1.54) is 0 Å². The van der Waals surface area contributed by atoms with Crippen molar-refractivity contribution in [1.29, 1.82) is 0 Å². The van der Waals surface area contributed by atoms with E-state index in [9.17, 15) is 14.4 Å². The number of hydrogen-bond acceptors (Lipinski definition) is 5. The highest BCUT2D eigenvalue weighted by Gasteiger charge is 2.14. The van der Waals surface area contributed by atoms with Gasteiger partial charge in [0, 0.05) is 43.0 Å². The van der Waals surface area contributed by atoms with Crippen molar-refractivity contribution in [3.8, 4) is 0 Å². The van der Waals surface area contributed by atoms with Crippen LogP contribution in [0.5, 0.6) is 0 Å². The number of rotatable bonds is 6. The van der Waals surface area contributed by atoms with Gasteiger partial charge in [-0.3, -0.25) is 4.79 Å². The van der Waals surface area contributed by atoms with Gasteiger partial charge in [-0.25, -0.2) is 9.59 Å². The second-order valence-electron chi connectivity index (χ2n) is 4.43. The maximum absolute atomic E-state index is 11.6. The Labute approximate surface area is 128 Å². The molecule has 7 heteroatoms. The second-order valence-corrected chi connectivity index (χ2v) is 5.42. The molecule has 0 fully saturated rings. The summed E-state index contributed by atoms with van der Waals surface area (Å²) in [5.74, 6) is -1.24. The number of carbonyl (C=O) groups is 3. The average molecular weight is 315 g/mol. The van der Waals surface area contributed by atoms with Gasteiger partial charge >= 0.3 is 11.9 Å². The lowest BCUT2D eigenvalue weighted by Gasteiger charge is -2.21. The van der Waals surface area contributed by atoms with Crippen LogP contribution in [0.25, 0.3) is 0 Å². The molecule has 1 aliphatic heterocycles. The lowest BCUT2D eigenvalue weighted by atomic mass is 10.0. The van der Waals surface area contributed by atoms with Crippen molar-refractivity contribution in [2.45, 2.75) is 12.8 Å². The summed E-state index contributed by atoms with van der Waals surface area (Å²) >= 11 is 1.73. The topological polar surface area (TPSA) is 94.9 Å². The molecule has 21 heavy (non-hydrogen) atoms. The molecule has 0 aromatic rings. The Morgan fingerprint density at radius 1 is 1.29 bits per heavy atom. The first-order valence-corrected chi connectivity index (χ1v) is 7.79. The van der Waals surface area contributed by atoms with Crippen LogP contribution >= 0.6 is 11.8 Å². The van der Waals surface area contributed by atoms with Gasteiger partial charge in [0.25, 0.3) is 0 Å². The maximum Gasteiger partial charge on any atom is 0.328 e. The van der Waals surface area contributed by atoms with Crippen LogP contribution in [-0.2, 0) is 14.4 Å². The SMILES string of the molecule is CSCCC(=O)C1=CCCN(C)C1.O=C(O)/C=C\C(=O)O. The predicted octanol–water partition coefficient (Wildman–Crippen LogP) is 1.28. The third-order valence-electron chi connectivity index (χ3n) is 2.60. The van der Waals surface area contributed by atoms with Crippen LogP contribution in [0, 0.1) is 0 Å². The second kappa shape index (κ2) is 11.1. The highest BCUT2D eigenvalue weighted by Crippen LogP contribution is 2.11. The summed E-state index contributed by atoms with van der Waals surface area (Å²) in [7, 11) is 2.06. The summed E-state index contributed by atoms with van der Waals surface area (Å²) in [6.45, 7) is 1.92. The summed E-state index contributed by atoms with van der Waals surface area (Å²) < 4.78 is 0. The Hall–Kier alpha value is -1.60. The molecule has 118 valence electrons. The van der Waals surface area contributed by atoms with Crippen molar-refractivity contribution in [2.75, 3.05) is 32.1 Å². The smallest absolute Gasteiger partial charge is 0.328 e. The van der Waals surface area contributed by atoms with Crippen LogP contribution in [0.1, 0.15) is 12.8 Å². The molecule has 1 rings (SSSR count). The van der Waals surface area contributed by atoms with E-state index >= 15 is 0 Å². The Balaban J connectivity index is 0.000000433. The first-order chi connectivity index (χ1) is 9.86. The third kappa shape index (κ3) is 10.8. The Kier molecular flexibility index (Phi) is 10.3. The Morgan fingerprint density at radius 3 is 2.29 bits per heavy atom. The van der Waals surface area contributed by atoms with Crippen molar-refractivity contribution >= 4 is 29.5 Å². The van der Waals surface area contributed by atoms with Gasteiger partial charge in [0.05, 0.1) is 0 Å². The first kappa shape index (κ1) is 19.4. The molecule has 6 nitrogen and oxygen atoms in total. The third-order valence-corrected chi connectivity index (χ3v) is 3.21. The number of carboxylic acid groups (broad SMARTS) is 2. The first-order valence-electron chi connectivity index (χ1n) is 6.40. The van der Waals surface area contributed by atoms with E-state index in [0.717, 1.165) is 30.8 Å². The average Bonchev–Trinajstić information content (AvgIpc) is 2.43. The maximum atomic E-state index is 11.6. The zero-order valence-corrected chi connectivity index (χ0v) is 13.1. The summed E-state index contributed by atoms with van der Waals surface area (Å²) in [6, 6.07) is 0. The monoisotopic (exact) mass is 315 g/mol. The highest BCUT2D eigenvalue weighted by atomic mass is 32.2. The number of thioether (sulfide) groups is 1. The van der Waals surface area contributed by atoms with E-state index in [1.807, 2.05) is 6.26 Å². The Bertz CT molecular complexity index is 415. The standard InChI is InChI=1S/C10H17NOS.C4H4O4/c1-11-6-3-4-9(8-11)10(12)5-7-13-2;5-3(6)1-2-4(7)8/h4H,3,5-8H2,1-2H3;1-2H,(H,5,6)(H,7,8)/b;2-1-. The Morgan fingerprint density at radius 2 is 1.86 bits per heavy atom. The van der Waals surface area contributed by atoms with E-state index < -0.39 is 11.9 Å². The highest BCUT2D eigenvalue weighted by molar-refractivity contribution is 7.98. The molecule has 1 aliphatic rings. The molecular weight excluding hydrogens is 294 g/mol. The molecule has 0 aromatic heterocycles. The molecule has 1 heterocycles. The van der Waals surface area contributed by atoms with Crippen LogP contribution < -0.4 is 0 Å². The van der Waals surface area contributed by atoms with E-state index in [-0.39, 0.29) is 0 Å². The zero-order valence-electron chi connectivity index (χ0n) is 12.2. The number of hydrogen-bond donors (Lipinski definition) is 2. The lowest BCUT2D eigenvalue weighted by Crippen LogP contribution is -2.28. The summed E-state index contributed by atoms with van der Waals surface area (Å²) in [4.78, 5) is 32.9. The summed E-state index contributed by atoms with van der Waals surface area (Å²) in [5.41, 5.74) is 1.02. The molecule has 0 bridgehead atoms. The van der Waals surface area contributed by atoms with Gasteiger partial charge in [0.15, 0.2) is 5.78 Å². The predicted molar refractivity (Wildman–Crippen MR) is 82.6 cm³/mol. The molecule has 0 aliphatic carbocycles. The van der Waals surface area contributed by atoms with Crippen LogP contribution in [0.4, 0.5) is 0 Å². The van der Waals surface area contributed by atoms with E-state index in [4.69, 9.17) is 10.2 Å². The van der Waals surface area contributed by atoms with Crippen molar-refractivity contribution < 1.29 is 24.6 Å². The number of aliphatic carboxylic acids is 2. The number of carbonyl (C=O) groups excluding carboxylic acids is 1. The minimum atomic E-state index is -1.26. The molecule has 0 saturated carbocycles. The number of nitrogens with zero attached hydrogens (tertiary/aromatic N) is 1. The molecular formula is C14H21NO5S. The van der Waals surface area contributed by atoms with Crippen LogP contribution in [0.2, 0.25) is 0 Å².